The van der Waals surface area contributed by atoms with Gasteiger partial charge in [0.25, 0.3) is 5.91 Å². The molecule has 1 amide bonds. The second-order valence-corrected chi connectivity index (χ2v) is 9.63. The number of piperidine rings is 1. The Morgan fingerprint density at radius 3 is 2.14 bits per heavy atom. The number of hydrogen-bond acceptors (Lipinski definition) is 4. The molecule has 3 rings (SSSR count). The van der Waals surface area contributed by atoms with E-state index in [1.807, 2.05) is 0 Å². The van der Waals surface area contributed by atoms with Crippen molar-refractivity contribution in [2.24, 2.45) is 0 Å². The molecule has 29 heavy (non-hydrogen) atoms. The van der Waals surface area contributed by atoms with Gasteiger partial charge >= 0.3 is 0 Å². The minimum Gasteiger partial charge on any atom is -0.348 e. The molecule has 1 N–H and O–H groups in total. The maximum absolute atomic E-state index is 12.4. The third-order valence-electron chi connectivity index (χ3n) is 5.32. The molecule has 0 saturated carbocycles. The summed E-state index contributed by atoms with van der Waals surface area (Å²) in [4.78, 5) is 14.9. The zero-order chi connectivity index (χ0) is 20.9. The van der Waals surface area contributed by atoms with Crippen molar-refractivity contribution in [3.8, 4) is 0 Å². The Hall–Kier alpha value is -2.38. The van der Waals surface area contributed by atoms with Gasteiger partial charge in [-0.15, -0.1) is 0 Å². The predicted octanol–water partition coefficient (Wildman–Crippen LogP) is 3.00. The molecule has 7 heteroatoms. The van der Waals surface area contributed by atoms with E-state index in [2.05, 4.69) is 34.5 Å². The van der Waals surface area contributed by atoms with Crippen molar-refractivity contribution in [1.29, 1.82) is 0 Å². The summed E-state index contributed by atoms with van der Waals surface area (Å²) >= 11 is 0. The average Bonchev–Trinajstić information content (AvgIpc) is 2.73. The summed E-state index contributed by atoms with van der Waals surface area (Å²) in [7, 11) is -1.83. The van der Waals surface area contributed by atoms with Crippen LogP contribution in [0.2, 0.25) is 0 Å². The maximum Gasteiger partial charge on any atom is 0.251 e. The molecule has 0 aliphatic carbocycles. The molecule has 156 valence electrons. The van der Waals surface area contributed by atoms with Gasteiger partial charge in [-0.25, -0.2) is 8.42 Å². The molecule has 0 radical (unpaired) electrons. The number of nitrogens with zero attached hydrogens (tertiary/aromatic N) is 2. The molecule has 2 aromatic rings. The molecular weight excluding hydrogens is 386 g/mol. The van der Waals surface area contributed by atoms with E-state index in [9.17, 15) is 13.2 Å². The van der Waals surface area contributed by atoms with E-state index in [1.165, 1.54) is 49.3 Å². The van der Waals surface area contributed by atoms with E-state index >= 15 is 0 Å². The van der Waals surface area contributed by atoms with E-state index in [1.54, 1.807) is 24.3 Å². The van der Waals surface area contributed by atoms with Gasteiger partial charge in [-0.1, -0.05) is 30.7 Å². The number of amides is 1. The van der Waals surface area contributed by atoms with Gasteiger partial charge in [0, 0.05) is 25.7 Å². The van der Waals surface area contributed by atoms with Crippen molar-refractivity contribution >= 4 is 21.6 Å². The van der Waals surface area contributed by atoms with Crippen molar-refractivity contribution < 1.29 is 13.2 Å². The topological polar surface area (TPSA) is 69.7 Å². The standard InChI is InChI=1S/C22H29N3O3S/c1-24(29(2,27)28)21-12-10-20(11-13-21)22(26)23-16-18-6-8-19(9-7-18)17-25-14-4-3-5-15-25/h6-13H,3-5,14-17H2,1-2H3,(H,23,26). The fraction of sp³-hybridized carbons (Fsp3) is 0.409. The van der Waals surface area contributed by atoms with Crippen LogP contribution >= 0.6 is 0 Å². The Labute approximate surface area is 173 Å². The maximum atomic E-state index is 12.4. The van der Waals surface area contributed by atoms with Gasteiger partial charge in [0.1, 0.15) is 0 Å². The first kappa shape index (κ1) is 21.3. The number of carbonyl (C=O) groups excluding carboxylic acids is 1. The van der Waals surface area contributed by atoms with Crippen molar-refractivity contribution in [2.75, 3.05) is 30.7 Å². The number of hydrogen-bond donors (Lipinski definition) is 1. The van der Waals surface area contributed by atoms with Crippen LogP contribution in [0.25, 0.3) is 0 Å². The lowest BCUT2D eigenvalue weighted by Crippen LogP contribution is -2.29. The highest BCUT2D eigenvalue weighted by molar-refractivity contribution is 7.92. The quantitative estimate of drug-likeness (QED) is 0.755. The van der Waals surface area contributed by atoms with Gasteiger partial charge in [0.2, 0.25) is 10.0 Å². The van der Waals surface area contributed by atoms with Gasteiger partial charge in [0.05, 0.1) is 11.9 Å². The van der Waals surface area contributed by atoms with Crippen molar-refractivity contribution in [3.63, 3.8) is 0 Å². The normalized spacial score (nSPS) is 15.1. The van der Waals surface area contributed by atoms with E-state index in [0.717, 1.165) is 18.4 Å². The zero-order valence-electron chi connectivity index (χ0n) is 17.1. The molecule has 6 nitrogen and oxygen atoms in total. The van der Waals surface area contributed by atoms with Crippen LogP contribution in [-0.4, -0.2) is 45.6 Å². The Balaban J connectivity index is 1.52. The molecular formula is C22H29N3O3S. The SMILES string of the molecule is CN(c1ccc(C(=O)NCc2ccc(CN3CCCCC3)cc2)cc1)S(C)(=O)=O. The lowest BCUT2D eigenvalue weighted by molar-refractivity contribution is 0.0951. The average molecular weight is 416 g/mol. The van der Waals surface area contributed by atoms with Crippen LogP contribution in [0.1, 0.15) is 40.7 Å². The number of anilines is 1. The summed E-state index contributed by atoms with van der Waals surface area (Å²) in [6.07, 6.45) is 5.06. The lowest BCUT2D eigenvalue weighted by atomic mass is 10.1. The first-order valence-electron chi connectivity index (χ1n) is 9.95. The molecule has 0 aromatic heterocycles. The Morgan fingerprint density at radius 2 is 1.55 bits per heavy atom. The van der Waals surface area contributed by atoms with Gasteiger partial charge in [-0.3, -0.25) is 14.0 Å². The Bertz CT molecular complexity index is 919. The molecule has 0 bridgehead atoms. The highest BCUT2D eigenvalue weighted by atomic mass is 32.2. The monoisotopic (exact) mass is 415 g/mol. The number of rotatable bonds is 7. The molecule has 0 spiro atoms. The number of nitrogens with one attached hydrogen (secondary N) is 1. The summed E-state index contributed by atoms with van der Waals surface area (Å²) in [6.45, 7) is 3.79. The van der Waals surface area contributed by atoms with E-state index in [-0.39, 0.29) is 5.91 Å². The van der Waals surface area contributed by atoms with Crippen LogP contribution < -0.4 is 9.62 Å². The minimum absolute atomic E-state index is 0.184. The number of carbonyl (C=O) groups is 1. The second-order valence-electron chi connectivity index (χ2n) is 7.61. The van der Waals surface area contributed by atoms with Crippen LogP contribution in [0.4, 0.5) is 5.69 Å². The van der Waals surface area contributed by atoms with Crippen LogP contribution in [0.3, 0.4) is 0 Å². The highest BCUT2D eigenvalue weighted by Crippen LogP contribution is 2.17. The number of likely N-dealkylation sites (tertiary alicyclic amines) is 1. The second kappa shape index (κ2) is 9.41. The van der Waals surface area contributed by atoms with Crippen LogP contribution in [0.5, 0.6) is 0 Å². The third-order valence-corrected chi connectivity index (χ3v) is 6.53. The van der Waals surface area contributed by atoms with Gasteiger partial charge in [-0.05, 0) is 61.3 Å². The predicted molar refractivity (Wildman–Crippen MR) is 116 cm³/mol. The van der Waals surface area contributed by atoms with Crippen LogP contribution in [0, 0.1) is 0 Å². The molecule has 2 aromatic carbocycles. The van der Waals surface area contributed by atoms with E-state index in [4.69, 9.17) is 0 Å². The molecule has 0 unspecified atom stereocenters. The summed E-state index contributed by atoms with van der Waals surface area (Å²) in [5.41, 5.74) is 3.37. The summed E-state index contributed by atoms with van der Waals surface area (Å²) in [6, 6.07) is 14.9. The highest BCUT2D eigenvalue weighted by Gasteiger charge is 2.13. The van der Waals surface area contributed by atoms with Crippen molar-refractivity contribution in [3.05, 3.63) is 65.2 Å². The minimum atomic E-state index is -3.32. The number of benzene rings is 2. The van der Waals surface area contributed by atoms with E-state index < -0.39 is 10.0 Å². The van der Waals surface area contributed by atoms with Gasteiger partial charge in [-0.2, -0.15) is 0 Å². The van der Waals surface area contributed by atoms with Gasteiger partial charge < -0.3 is 5.32 Å². The lowest BCUT2D eigenvalue weighted by Gasteiger charge is -2.26. The molecule has 1 heterocycles. The molecule has 0 atom stereocenters. The van der Waals surface area contributed by atoms with Crippen LogP contribution in [0.15, 0.2) is 48.5 Å². The summed E-state index contributed by atoms with van der Waals surface area (Å²) in [5.74, 6) is -0.184. The summed E-state index contributed by atoms with van der Waals surface area (Å²) < 4.78 is 24.4. The van der Waals surface area contributed by atoms with Gasteiger partial charge in [0.15, 0.2) is 0 Å². The fourth-order valence-electron chi connectivity index (χ4n) is 3.44. The Morgan fingerprint density at radius 1 is 0.966 bits per heavy atom. The number of sulfonamides is 1. The molecule has 1 aliphatic rings. The first-order chi connectivity index (χ1) is 13.8. The van der Waals surface area contributed by atoms with Crippen molar-refractivity contribution in [2.45, 2.75) is 32.4 Å². The fourth-order valence-corrected chi connectivity index (χ4v) is 3.94. The van der Waals surface area contributed by atoms with Crippen molar-refractivity contribution in [1.82, 2.24) is 10.2 Å². The third kappa shape index (κ3) is 6.05. The zero-order valence-corrected chi connectivity index (χ0v) is 17.9. The van der Waals surface area contributed by atoms with E-state index in [0.29, 0.717) is 17.8 Å². The molecule has 1 aliphatic heterocycles. The molecule has 1 saturated heterocycles. The molecule has 1 fully saturated rings. The Kier molecular flexibility index (Phi) is 6.92. The summed E-state index contributed by atoms with van der Waals surface area (Å²) in [5, 5.41) is 2.91. The largest absolute Gasteiger partial charge is 0.348 e. The van der Waals surface area contributed by atoms with Crippen LogP contribution in [-0.2, 0) is 23.1 Å². The smallest absolute Gasteiger partial charge is 0.251 e. The first-order valence-corrected chi connectivity index (χ1v) is 11.8.